The number of H-pyrrole nitrogens is 1. The van der Waals surface area contributed by atoms with Gasteiger partial charge in [0.2, 0.25) is 5.91 Å². The van der Waals surface area contributed by atoms with E-state index in [9.17, 15) is 9.59 Å². The zero-order valence-corrected chi connectivity index (χ0v) is 28.9. The third-order valence-electron chi connectivity index (χ3n) is 9.12. The van der Waals surface area contributed by atoms with Crippen LogP contribution in [0, 0.1) is 5.92 Å². The van der Waals surface area contributed by atoms with Crippen LogP contribution in [0.5, 0.6) is 11.5 Å². The molecule has 47 heavy (non-hydrogen) atoms. The summed E-state index contributed by atoms with van der Waals surface area (Å²) in [6, 6.07) is 14.5. The van der Waals surface area contributed by atoms with Crippen LogP contribution in [0.1, 0.15) is 58.9 Å². The van der Waals surface area contributed by atoms with Crippen LogP contribution < -0.4 is 19.7 Å². The van der Waals surface area contributed by atoms with Crippen LogP contribution >= 0.6 is 12.4 Å². The fraction of sp³-hybridized carbons (Fsp3) is 0.528. The molecule has 2 N–H and O–H groups in total. The van der Waals surface area contributed by atoms with E-state index in [1.54, 1.807) is 6.20 Å². The van der Waals surface area contributed by atoms with Gasteiger partial charge in [-0.2, -0.15) is 5.10 Å². The number of aromatic amines is 1. The van der Waals surface area contributed by atoms with E-state index in [1.165, 1.54) is 0 Å². The topological polar surface area (TPSA) is 103 Å². The molecule has 1 saturated carbocycles. The monoisotopic (exact) mass is 664 g/mol. The first-order chi connectivity index (χ1) is 22.2. The zero-order valence-electron chi connectivity index (χ0n) is 28.0. The Labute approximate surface area is 284 Å². The maximum Gasteiger partial charge on any atom is 0.266 e. The fourth-order valence-corrected chi connectivity index (χ4v) is 6.57. The molecule has 10 nitrogen and oxygen atoms in total. The molecule has 254 valence electrons. The number of hydrogen-bond donors (Lipinski definition) is 2. The Kier molecular flexibility index (Phi) is 11.0. The number of nitrogens with zero attached hydrogens (tertiary/aromatic N) is 4. The molecule has 2 amide bonds. The van der Waals surface area contributed by atoms with Crippen LogP contribution in [0.3, 0.4) is 0 Å². The molecule has 0 radical (unpaired) electrons. The quantitative estimate of drug-likeness (QED) is 0.288. The van der Waals surface area contributed by atoms with Crippen LogP contribution in [-0.4, -0.2) is 88.8 Å². The molecule has 3 heterocycles. The van der Waals surface area contributed by atoms with Crippen molar-refractivity contribution < 1.29 is 19.1 Å². The average Bonchev–Trinajstić information content (AvgIpc) is 3.75. The minimum absolute atomic E-state index is 0. The third-order valence-corrected chi connectivity index (χ3v) is 9.12. The number of halogens is 1. The van der Waals surface area contributed by atoms with Crippen molar-refractivity contribution in [2.75, 3.05) is 44.2 Å². The molecular weight excluding hydrogens is 616 g/mol. The van der Waals surface area contributed by atoms with Gasteiger partial charge in [0.15, 0.2) is 5.60 Å². The van der Waals surface area contributed by atoms with Gasteiger partial charge in [0.25, 0.3) is 5.91 Å². The van der Waals surface area contributed by atoms with Crippen molar-refractivity contribution in [1.29, 1.82) is 0 Å². The maximum absolute atomic E-state index is 14.2. The van der Waals surface area contributed by atoms with Gasteiger partial charge < -0.3 is 29.5 Å². The van der Waals surface area contributed by atoms with E-state index in [4.69, 9.17) is 9.47 Å². The van der Waals surface area contributed by atoms with E-state index in [2.05, 4.69) is 49.6 Å². The number of ether oxygens (including phenoxy) is 2. The summed E-state index contributed by atoms with van der Waals surface area (Å²) in [6.45, 7) is 12.8. The van der Waals surface area contributed by atoms with Gasteiger partial charge in [0, 0.05) is 80.9 Å². The standard InChI is InChI=1S/C36H48N6O4.ClH/c1-25(2)45-33-19-26(29-21-38-39-22-29)10-11-27(33)24-42(30-12-13-30)34(43)28-7-6-16-41(23-28)31-8-5-9-32(20-31)46-36(3,4)35(44)40-17-14-37-15-18-40;/h5,8-11,19-22,25,28,30,37H,6-7,12-18,23-24H2,1-4H3,(H,38,39);1H/t28-;/m1./s1. The lowest BCUT2D eigenvalue weighted by molar-refractivity contribution is -0.146. The Balaban J connectivity index is 0.00000433. The van der Waals surface area contributed by atoms with Crippen molar-refractivity contribution in [2.24, 2.45) is 5.92 Å². The number of piperidine rings is 1. The Morgan fingerprint density at radius 2 is 1.83 bits per heavy atom. The SMILES string of the molecule is CC(C)Oc1cc(-c2cn[nH]c2)ccc1CN(C(=O)[C@@H]1CCCN(c2cccc(OC(C)(C)C(=O)N3CCNCC3)c2)C1)C1CC1.Cl. The summed E-state index contributed by atoms with van der Waals surface area (Å²) in [7, 11) is 0. The molecule has 3 aliphatic rings. The van der Waals surface area contributed by atoms with Crippen molar-refractivity contribution in [3.63, 3.8) is 0 Å². The summed E-state index contributed by atoms with van der Waals surface area (Å²) in [4.78, 5) is 33.7. The highest BCUT2D eigenvalue weighted by atomic mass is 35.5. The smallest absolute Gasteiger partial charge is 0.266 e. The van der Waals surface area contributed by atoms with E-state index < -0.39 is 5.60 Å². The first-order valence-corrected chi connectivity index (χ1v) is 16.8. The Hall–Kier alpha value is -3.76. The molecule has 2 aromatic carbocycles. The lowest BCUT2D eigenvalue weighted by Crippen LogP contribution is -2.54. The Morgan fingerprint density at radius 3 is 2.53 bits per heavy atom. The number of amides is 2. The number of piperazine rings is 1. The zero-order chi connectivity index (χ0) is 32.3. The predicted molar refractivity (Wildman–Crippen MR) is 186 cm³/mol. The summed E-state index contributed by atoms with van der Waals surface area (Å²) < 4.78 is 12.6. The van der Waals surface area contributed by atoms with Gasteiger partial charge in [-0.25, -0.2) is 0 Å². The largest absolute Gasteiger partial charge is 0.491 e. The first kappa shape index (κ1) is 34.6. The Morgan fingerprint density at radius 1 is 1.04 bits per heavy atom. The third kappa shape index (κ3) is 8.40. The van der Waals surface area contributed by atoms with Gasteiger partial charge in [-0.15, -0.1) is 12.4 Å². The number of aromatic nitrogens is 2. The molecule has 1 atom stereocenters. The minimum Gasteiger partial charge on any atom is -0.491 e. The first-order valence-electron chi connectivity index (χ1n) is 16.8. The van der Waals surface area contributed by atoms with E-state index >= 15 is 0 Å². The second-order valence-electron chi connectivity index (χ2n) is 13.6. The maximum atomic E-state index is 14.2. The van der Waals surface area contributed by atoms with Gasteiger partial charge in [-0.05, 0) is 77.1 Å². The highest BCUT2D eigenvalue weighted by molar-refractivity contribution is 5.85. The van der Waals surface area contributed by atoms with Crippen LogP contribution in [-0.2, 0) is 16.1 Å². The molecule has 2 aliphatic heterocycles. The molecule has 0 spiro atoms. The molecule has 3 fully saturated rings. The number of carbonyl (C=O) groups is 2. The summed E-state index contributed by atoms with van der Waals surface area (Å²) in [5.41, 5.74) is 3.10. The van der Waals surface area contributed by atoms with Gasteiger partial charge in [0.1, 0.15) is 11.5 Å². The van der Waals surface area contributed by atoms with Gasteiger partial charge >= 0.3 is 0 Å². The van der Waals surface area contributed by atoms with Crippen LogP contribution in [0.4, 0.5) is 5.69 Å². The number of rotatable bonds is 11. The summed E-state index contributed by atoms with van der Waals surface area (Å²) in [5, 5.41) is 10.3. The molecule has 1 aromatic heterocycles. The molecule has 6 rings (SSSR count). The van der Waals surface area contributed by atoms with Crippen molar-refractivity contribution >= 4 is 29.9 Å². The number of carbonyl (C=O) groups excluding carboxylic acids is 2. The minimum atomic E-state index is -0.976. The van der Waals surface area contributed by atoms with E-state index in [1.807, 2.05) is 57.0 Å². The Bertz CT molecular complexity index is 1500. The average molecular weight is 665 g/mol. The normalized spacial score (nSPS) is 18.4. The van der Waals surface area contributed by atoms with Gasteiger partial charge in [-0.1, -0.05) is 18.2 Å². The highest BCUT2D eigenvalue weighted by Crippen LogP contribution is 2.36. The van der Waals surface area contributed by atoms with E-state index in [0.717, 1.165) is 73.4 Å². The number of benzene rings is 2. The lowest BCUT2D eigenvalue weighted by atomic mass is 9.95. The van der Waals surface area contributed by atoms with Crippen LogP contribution in [0.2, 0.25) is 0 Å². The summed E-state index contributed by atoms with van der Waals surface area (Å²) in [6.07, 6.45) is 7.58. The van der Waals surface area contributed by atoms with Crippen molar-refractivity contribution in [3.8, 4) is 22.6 Å². The molecule has 3 aromatic rings. The van der Waals surface area contributed by atoms with Gasteiger partial charge in [0.05, 0.1) is 18.2 Å². The molecule has 0 unspecified atom stereocenters. The predicted octanol–water partition coefficient (Wildman–Crippen LogP) is 5.28. The summed E-state index contributed by atoms with van der Waals surface area (Å²) in [5.74, 6) is 1.60. The van der Waals surface area contributed by atoms with Crippen molar-refractivity contribution in [1.82, 2.24) is 25.3 Å². The molecule has 1 aliphatic carbocycles. The van der Waals surface area contributed by atoms with Crippen LogP contribution in [0.25, 0.3) is 11.1 Å². The second-order valence-corrected chi connectivity index (χ2v) is 13.6. The fourth-order valence-electron chi connectivity index (χ4n) is 6.57. The molecular formula is C36H49ClN6O4. The van der Waals surface area contributed by atoms with Crippen molar-refractivity contribution in [3.05, 3.63) is 60.4 Å². The van der Waals surface area contributed by atoms with Gasteiger partial charge in [-0.3, -0.25) is 14.7 Å². The second kappa shape index (κ2) is 15.0. The molecule has 2 saturated heterocycles. The van der Waals surface area contributed by atoms with E-state index in [0.29, 0.717) is 31.9 Å². The number of anilines is 1. The van der Waals surface area contributed by atoms with Crippen LogP contribution in [0.15, 0.2) is 54.9 Å². The lowest BCUT2D eigenvalue weighted by Gasteiger charge is -2.37. The highest BCUT2D eigenvalue weighted by Gasteiger charge is 2.38. The molecule has 11 heteroatoms. The molecule has 0 bridgehead atoms. The summed E-state index contributed by atoms with van der Waals surface area (Å²) >= 11 is 0. The number of hydrogen-bond acceptors (Lipinski definition) is 7. The van der Waals surface area contributed by atoms with Crippen molar-refractivity contribution in [2.45, 2.75) is 77.7 Å². The number of nitrogens with one attached hydrogen (secondary N) is 2. The van der Waals surface area contributed by atoms with E-state index in [-0.39, 0.29) is 42.3 Å².